The zero-order valence-corrected chi connectivity index (χ0v) is 14.9. The van der Waals surface area contributed by atoms with E-state index < -0.39 is 23.9 Å². The van der Waals surface area contributed by atoms with Gasteiger partial charge in [-0.15, -0.1) is 0 Å². The minimum atomic E-state index is -1.57. The molecule has 1 rings (SSSR count). The van der Waals surface area contributed by atoms with Crippen molar-refractivity contribution in [2.45, 2.75) is 26.4 Å². The molecule has 0 aliphatic rings. The molecule has 9 heteroatoms. The molecule has 0 aliphatic heterocycles. The number of nitrogens with one attached hydrogen (secondary N) is 1. The number of halogens is 1. The fourth-order valence-corrected chi connectivity index (χ4v) is 1.61. The van der Waals surface area contributed by atoms with Crippen LogP contribution in [-0.4, -0.2) is 50.3 Å². The first-order valence-corrected chi connectivity index (χ1v) is 7.86. The molecule has 0 heterocycles. The summed E-state index contributed by atoms with van der Waals surface area (Å²) in [5.74, 6) is 0.113. The molecule has 1 N–H and O–H groups in total. The smallest absolute Gasteiger partial charge is 0.444 e. The van der Waals surface area contributed by atoms with Crippen LogP contribution in [-0.2, 0) is 14.2 Å². The minimum Gasteiger partial charge on any atom is -0.444 e. The molecule has 0 saturated carbocycles. The number of hydrogen-bond acceptors (Lipinski definition) is 7. The van der Waals surface area contributed by atoms with Gasteiger partial charge >= 0.3 is 18.3 Å². The van der Waals surface area contributed by atoms with Gasteiger partial charge in [0.25, 0.3) is 0 Å². The Hall–Kier alpha value is -2.68. The second kappa shape index (κ2) is 10.3. The minimum absolute atomic E-state index is 0.0493. The van der Waals surface area contributed by atoms with Crippen LogP contribution in [0, 0.1) is 0 Å². The zero-order valence-electron chi connectivity index (χ0n) is 14.9. The third-order valence-corrected chi connectivity index (χ3v) is 2.64. The Morgan fingerprint density at radius 1 is 1.04 bits per heavy atom. The highest BCUT2D eigenvalue weighted by Gasteiger charge is 2.15. The number of carbonyl (C=O) groups is 3. The van der Waals surface area contributed by atoms with Gasteiger partial charge in [-0.1, -0.05) is 0 Å². The van der Waals surface area contributed by atoms with Crippen molar-refractivity contribution in [3.05, 3.63) is 29.8 Å². The Balaban J connectivity index is 2.09. The summed E-state index contributed by atoms with van der Waals surface area (Å²) in [7, 11) is 0. The van der Waals surface area contributed by atoms with Gasteiger partial charge in [0.1, 0.15) is 18.0 Å². The second-order valence-electron chi connectivity index (χ2n) is 6.04. The van der Waals surface area contributed by atoms with E-state index in [1.807, 2.05) is 0 Å². The summed E-state index contributed by atoms with van der Waals surface area (Å²) in [6, 6.07) is 3.34. The Kier molecular flexibility index (Phi) is 8.50. The van der Waals surface area contributed by atoms with Crippen molar-refractivity contribution in [2.75, 3.05) is 26.4 Å². The van der Waals surface area contributed by atoms with E-state index >= 15 is 0 Å². The Labute approximate surface area is 150 Å². The van der Waals surface area contributed by atoms with Crippen LogP contribution >= 0.6 is 0 Å². The Bertz CT molecular complexity index is 611. The predicted molar refractivity (Wildman–Crippen MR) is 88.9 cm³/mol. The summed E-state index contributed by atoms with van der Waals surface area (Å²) in [5.41, 5.74) is -0.708. The average Bonchev–Trinajstić information content (AvgIpc) is 2.52. The van der Waals surface area contributed by atoms with Crippen LogP contribution in [0.25, 0.3) is 0 Å². The molecule has 0 aliphatic carbocycles. The van der Waals surface area contributed by atoms with Crippen LogP contribution in [0.2, 0.25) is 0 Å². The molecule has 1 aromatic rings. The topological polar surface area (TPSA) is 100 Å². The van der Waals surface area contributed by atoms with Crippen molar-refractivity contribution in [1.82, 2.24) is 5.32 Å². The number of hydrogen-bond donors (Lipinski definition) is 1. The number of carbonyl (C=O) groups excluding carboxylic acids is 3. The highest BCUT2D eigenvalue weighted by atomic mass is 19.1. The third-order valence-electron chi connectivity index (χ3n) is 2.64. The van der Waals surface area contributed by atoms with Crippen molar-refractivity contribution in [2.24, 2.45) is 0 Å². The van der Waals surface area contributed by atoms with Gasteiger partial charge in [0.05, 0.1) is 18.8 Å². The van der Waals surface area contributed by atoms with E-state index in [1.54, 1.807) is 20.8 Å². The fourth-order valence-electron chi connectivity index (χ4n) is 1.61. The summed E-state index contributed by atoms with van der Waals surface area (Å²) in [6.45, 7) is 5.80. The third kappa shape index (κ3) is 9.58. The standard InChI is InChI=1S/C17H22FNO7/c1-17(2,3)26-15(21)19-8-9-23-10-11-24-16(22)25-13-6-4-12(5-7-13)14(18)20/h4-7H,8-11H2,1-3H3,(H,19,21). The van der Waals surface area contributed by atoms with Gasteiger partial charge < -0.3 is 24.3 Å². The van der Waals surface area contributed by atoms with E-state index in [4.69, 9.17) is 18.9 Å². The molecule has 0 fully saturated rings. The van der Waals surface area contributed by atoms with Gasteiger partial charge in [-0.2, -0.15) is 4.39 Å². The first kappa shape index (κ1) is 21.4. The van der Waals surface area contributed by atoms with Crippen LogP contribution < -0.4 is 10.1 Å². The van der Waals surface area contributed by atoms with Gasteiger partial charge in [0, 0.05) is 6.54 Å². The maximum absolute atomic E-state index is 12.4. The van der Waals surface area contributed by atoms with E-state index in [0.29, 0.717) is 0 Å². The molecule has 144 valence electrons. The molecule has 8 nitrogen and oxygen atoms in total. The number of benzene rings is 1. The van der Waals surface area contributed by atoms with E-state index in [9.17, 15) is 18.8 Å². The van der Waals surface area contributed by atoms with Crippen molar-refractivity contribution < 1.29 is 37.7 Å². The molecule has 0 unspecified atom stereocenters. The summed E-state index contributed by atoms with van der Waals surface area (Å²) in [4.78, 5) is 33.3. The van der Waals surface area contributed by atoms with Crippen LogP contribution in [0.5, 0.6) is 5.75 Å². The van der Waals surface area contributed by atoms with Gasteiger partial charge in [0.15, 0.2) is 0 Å². The summed E-state index contributed by atoms with van der Waals surface area (Å²) < 4.78 is 32.2. The highest BCUT2D eigenvalue weighted by molar-refractivity contribution is 5.88. The maximum atomic E-state index is 12.4. The number of rotatable bonds is 8. The quantitative estimate of drug-likeness (QED) is 0.324. The van der Waals surface area contributed by atoms with E-state index in [1.165, 1.54) is 24.3 Å². The van der Waals surface area contributed by atoms with Crippen molar-refractivity contribution in [3.8, 4) is 5.75 Å². The SMILES string of the molecule is CC(C)(C)OC(=O)NCCOCCOC(=O)Oc1ccc(C(=O)F)cc1. The van der Waals surface area contributed by atoms with Crippen molar-refractivity contribution in [1.29, 1.82) is 0 Å². The molecule has 26 heavy (non-hydrogen) atoms. The fraction of sp³-hybridized carbons (Fsp3) is 0.471. The van der Waals surface area contributed by atoms with E-state index in [-0.39, 0.29) is 37.7 Å². The average molecular weight is 371 g/mol. The second-order valence-corrected chi connectivity index (χ2v) is 6.04. The molecular formula is C17H22FNO7. The lowest BCUT2D eigenvalue weighted by molar-refractivity contribution is 0.0433. The van der Waals surface area contributed by atoms with E-state index in [0.717, 1.165) is 0 Å². The number of alkyl carbamates (subject to hydrolysis) is 1. The normalized spacial score (nSPS) is 10.8. The van der Waals surface area contributed by atoms with Gasteiger partial charge in [-0.3, -0.25) is 4.79 Å². The van der Waals surface area contributed by atoms with E-state index in [2.05, 4.69) is 5.32 Å². The van der Waals surface area contributed by atoms with Crippen LogP contribution in [0.15, 0.2) is 24.3 Å². The summed E-state index contributed by atoms with van der Waals surface area (Å²) in [5, 5.41) is 2.51. The van der Waals surface area contributed by atoms with Crippen LogP contribution in [0.1, 0.15) is 31.1 Å². The first-order valence-electron chi connectivity index (χ1n) is 7.86. The molecule has 0 atom stereocenters. The maximum Gasteiger partial charge on any atom is 0.513 e. The van der Waals surface area contributed by atoms with Crippen LogP contribution in [0.4, 0.5) is 14.0 Å². The molecule has 0 bridgehead atoms. The number of ether oxygens (including phenoxy) is 4. The Morgan fingerprint density at radius 3 is 2.27 bits per heavy atom. The van der Waals surface area contributed by atoms with Gasteiger partial charge in [0.2, 0.25) is 0 Å². The molecule has 0 saturated heterocycles. The highest BCUT2D eigenvalue weighted by Crippen LogP contribution is 2.13. The zero-order chi connectivity index (χ0) is 19.6. The lowest BCUT2D eigenvalue weighted by Gasteiger charge is -2.19. The molecule has 0 aromatic heterocycles. The largest absolute Gasteiger partial charge is 0.513 e. The van der Waals surface area contributed by atoms with Crippen molar-refractivity contribution >= 4 is 18.3 Å². The Morgan fingerprint density at radius 2 is 1.69 bits per heavy atom. The molecular weight excluding hydrogens is 349 g/mol. The summed E-state index contributed by atoms with van der Waals surface area (Å²) in [6.07, 6.45) is -1.50. The first-order chi connectivity index (χ1) is 12.2. The van der Waals surface area contributed by atoms with Gasteiger partial charge in [-0.05, 0) is 45.0 Å². The molecule has 1 aromatic carbocycles. The number of amides is 1. The molecule has 1 amide bonds. The monoisotopic (exact) mass is 371 g/mol. The molecule has 0 spiro atoms. The predicted octanol–water partition coefficient (Wildman–Crippen LogP) is 2.85. The lowest BCUT2D eigenvalue weighted by Crippen LogP contribution is -2.34. The van der Waals surface area contributed by atoms with Crippen LogP contribution in [0.3, 0.4) is 0 Å². The molecule has 0 radical (unpaired) electrons. The lowest BCUT2D eigenvalue weighted by atomic mass is 10.2. The van der Waals surface area contributed by atoms with Gasteiger partial charge in [-0.25, -0.2) is 9.59 Å². The van der Waals surface area contributed by atoms with Crippen molar-refractivity contribution in [3.63, 3.8) is 0 Å². The summed E-state index contributed by atoms with van der Waals surface area (Å²) >= 11 is 0.